The van der Waals surface area contributed by atoms with Crippen molar-refractivity contribution in [3.63, 3.8) is 0 Å². The van der Waals surface area contributed by atoms with Crippen LogP contribution in [0.4, 0.5) is 0 Å². The number of nitrogens with one attached hydrogen (secondary N) is 1. The summed E-state index contributed by atoms with van der Waals surface area (Å²) in [6.45, 7) is 1.54. The molecule has 0 spiro atoms. The molecular formula is C18H24Cl3N3O2. The Morgan fingerprint density at radius 3 is 2.58 bits per heavy atom. The van der Waals surface area contributed by atoms with Gasteiger partial charge in [0.05, 0.1) is 16.0 Å². The number of nitrogens with zero attached hydrogens (tertiary/aromatic N) is 1. The Balaban J connectivity index is 0.00000243. The number of likely N-dealkylation sites (tertiary alicyclic amines) is 1. The highest BCUT2D eigenvalue weighted by Crippen LogP contribution is 2.32. The van der Waals surface area contributed by atoms with Crippen LogP contribution < -0.4 is 11.1 Å². The van der Waals surface area contributed by atoms with Crippen LogP contribution in [-0.4, -0.2) is 42.4 Å². The van der Waals surface area contributed by atoms with E-state index < -0.39 is 0 Å². The molecule has 26 heavy (non-hydrogen) atoms. The van der Waals surface area contributed by atoms with E-state index in [1.54, 1.807) is 23.1 Å². The largest absolute Gasteiger partial charge is 0.352 e. The highest BCUT2D eigenvalue weighted by Gasteiger charge is 2.34. The summed E-state index contributed by atoms with van der Waals surface area (Å²) < 4.78 is 0. The molecule has 1 heterocycles. The van der Waals surface area contributed by atoms with Crippen molar-refractivity contribution in [3.8, 4) is 0 Å². The summed E-state index contributed by atoms with van der Waals surface area (Å²) in [5.41, 5.74) is 6.26. The number of amides is 2. The van der Waals surface area contributed by atoms with Gasteiger partial charge in [0.1, 0.15) is 0 Å². The molecule has 144 valence electrons. The Bertz CT molecular complexity index is 667. The molecular weight excluding hydrogens is 397 g/mol. The van der Waals surface area contributed by atoms with Crippen LogP contribution in [0.15, 0.2) is 18.2 Å². The van der Waals surface area contributed by atoms with E-state index in [9.17, 15) is 9.59 Å². The van der Waals surface area contributed by atoms with Crippen molar-refractivity contribution in [2.45, 2.75) is 31.7 Å². The zero-order valence-electron chi connectivity index (χ0n) is 14.4. The van der Waals surface area contributed by atoms with E-state index >= 15 is 0 Å². The summed E-state index contributed by atoms with van der Waals surface area (Å²) in [6.07, 6.45) is 3.87. The maximum absolute atomic E-state index is 12.7. The van der Waals surface area contributed by atoms with Crippen molar-refractivity contribution < 1.29 is 9.59 Å². The third-order valence-corrected chi connectivity index (χ3v) is 5.76. The molecule has 2 atom stereocenters. The van der Waals surface area contributed by atoms with Crippen molar-refractivity contribution in [3.05, 3.63) is 33.8 Å². The van der Waals surface area contributed by atoms with Gasteiger partial charge in [-0.1, -0.05) is 23.2 Å². The van der Waals surface area contributed by atoms with Crippen LogP contribution in [0.2, 0.25) is 10.0 Å². The molecule has 2 aliphatic rings. The highest BCUT2D eigenvalue weighted by atomic mass is 35.5. The molecule has 1 saturated heterocycles. The van der Waals surface area contributed by atoms with Gasteiger partial charge in [-0.05, 0) is 49.8 Å². The Hall–Kier alpha value is -1.01. The zero-order valence-corrected chi connectivity index (χ0v) is 16.7. The highest BCUT2D eigenvalue weighted by molar-refractivity contribution is 6.42. The van der Waals surface area contributed by atoms with Crippen LogP contribution in [0.1, 0.15) is 36.0 Å². The van der Waals surface area contributed by atoms with Crippen molar-refractivity contribution in [1.29, 1.82) is 0 Å². The average Bonchev–Trinajstić information content (AvgIpc) is 3.46. The SMILES string of the molecule is Cl.NCC(NC(=O)C1CCCN(C(=O)c2ccc(Cl)c(Cl)c2)C1)C1CC1. The normalized spacial score (nSPS) is 20.9. The molecule has 0 aromatic heterocycles. The number of rotatable bonds is 5. The standard InChI is InChI=1S/C18H23Cl2N3O2.ClH/c19-14-6-5-12(8-15(14)20)18(25)23-7-1-2-13(10-23)17(24)22-16(9-21)11-3-4-11;/h5-6,8,11,13,16H,1-4,7,9-10,21H2,(H,22,24);1H. The lowest BCUT2D eigenvalue weighted by Gasteiger charge is -2.33. The molecule has 1 saturated carbocycles. The second-order valence-electron chi connectivity index (χ2n) is 6.91. The maximum atomic E-state index is 12.7. The van der Waals surface area contributed by atoms with Gasteiger partial charge in [0.2, 0.25) is 5.91 Å². The Morgan fingerprint density at radius 1 is 1.23 bits per heavy atom. The van der Waals surface area contributed by atoms with Gasteiger partial charge >= 0.3 is 0 Å². The fourth-order valence-electron chi connectivity index (χ4n) is 3.36. The summed E-state index contributed by atoms with van der Waals surface area (Å²) in [5.74, 6) is 0.224. The van der Waals surface area contributed by atoms with Crippen LogP contribution in [-0.2, 0) is 4.79 Å². The van der Waals surface area contributed by atoms with Crippen molar-refractivity contribution >= 4 is 47.4 Å². The Morgan fingerprint density at radius 2 is 1.96 bits per heavy atom. The monoisotopic (exact) mass is 419 g/mol. The number of hydrogen-bond acceptors (Lipinski definition) is 3. The topological polar surface area (TPSA) is 75.4 Å². The van der Waals surface area contributed by atoms with E-state index in [4.69, 9.17) is 28.9 Å². The first-order chi connectivity index (χ1) is 12.0. The third-order valence-electron chi connectivity index (χ3n) is 5.02. The molecule has 0 radical (unpaired) electrons. The van der Waals surface area contributed by atoms with Crippen molar-refractivity contribution in [2.24, 2.45) is 17.6 Å². The minimum atomic E-state index is -0.187. The second-order valence-corrected chi connectivity index (χ2v) is 7.72. The van der Waals surface area contributed by atoms with Crippen LogP contribution in [0.3, 0.4) is 0 Å². The molecule has 1 aliphatic heterocycles. The van der Waals surface area contributed by atoms with Gasteiger partial charge in [0, 0.05) is 31.2 Å². The Kier molecular flexibility index (Phi) is 7.59. The molecule has 2 amide bonds. The summed E-state index contributed by atoms with van der Waals surface area (Å²) in [4.78, 5) is 27.0. The Labute approximate surface area is 170 Å². The molecule has 1 aromatic carbocycles. The van der Waals surface area contributed by atoms with Gasteiger partial charge < -0.3 is 16.0 Å². The number of nitrogens with two attached hydrogens (primary N) is 1. The number of carbonyl (C=O) groups is 2. The molecule has 3 rings (SSSR count). The van der Waals surface area contributed by atoms with Gasteiger partial charge in [-0.15, -0.1) is 12.4 Å². The fourth-order valence-corrected chi connectivity index (χ4v) is 3.65. The van der Waals surface area contributed by atoms with Gasteiger partial charge in [0.25, 0.3) is 5.91 Å². The van der Waals surface area contributed by atoms with Crippen LogP contribution >= 0.6 is 35.6 Å². The van der Waals surface area contributed by atoms with Crippen molar-refractivity contribution in [2.75, 3.05) is 19.6 Å². The van der Waals surface area contributed by atoms with E-state index in [1.807, 2.05) is 0 Å². The predicted molar refractivity (Wildman–Crippen MR) is 106 cm³/mol. The molecule has 2 fully saturated rings. The lowest BCUT2D eigenvalue weighted by Crippen LogP contribution is -2.49. The lowest BCUT2D eigenvalue weighted by atomic mass is 9.95. The summed E-state index contributed by atoms with van der Waals surface area (Å²) in [7, 11) is 0. The third kappa shape index (κ3) is 5.03. The van der Waals surface area contributed by atoms with E-state index in [1.165, 1.54) is 0 Å². The number of carbonyl (C=O) groups excluding carboxylic acids is 2. The summed E-state index contributed by atoms with van der Waals surface area (Å²) in [5, 5.41) is 3.85. The van der Waals surface area contributed by atoms with Crippen molar-refractivity contribution in [1.82, 2.24) is 10.2 Å². The van der Waals surface area contributed by atoms with Gasteiger partial charge in [-0.25, -0.2) is 0 Å². The van der Waals surface area contributed by atoms with E-state index in [0.29, 0.717) is 41.2 Å². The van der Waals surface area contributed by atoms with E-state index in [0.717, 1.165) is 25.7 Å². The first-order valence-electron chi connectivity index (χ1n) is 8.74. The number of hydrogen-bond donors (Lipinski definition) is 2. The molecule has 2 unspecified atom stereocenters. The minimum absolute atomic E-state index is 0. The molecule has 1 aromatic rings. The molecule has 8 heteroatoms. The number of benzene rings is 1. The van der Waals surface area contributed by atoms with Gasteiger partial charge in [0.15, 0.2) is 0 Å². The maximum Gasteiger partial charge on any atom is 0.253 e. The van der Waals surface area contributed by atoms with Crippen LogP contribution in [0, 0.1) is 11.8 Å². The van der Waals surface area contributed by atoms with Gasteiger partial charge in [-0.2, -0.15) is 0 Å². The molecule has 3 N–H and O–H groups in total. The zero-order chi connectivity index (χ0) is 18.0. The molecule has 1 aliphatic carbocycles. The average molecular weight is 421 g/mol. The lowest BCUT2D eigenvalue weighted by molar-refractivity contribution is -0.127. The first-order valence-corrected chi connectivity index (χ1v) is 9.50. The molecule has 0 bridgehead atoms. The van der Waals surface area contributed by atoms with Crippen LogP contribution in [0.5, 0.6) is 0 Å². The van der Waals surface area contributed by atoms with E-state index in [2.05, 4.69) is 5.32 Å². The second kappa shape index (κ2) is 9.27. The quantitative estimate of drug-likeness (QED) is 0.768. The number of halogens is 3. The summed E-state index contributed by atoms with van der Waals surface area (Å²) in [6, 6.07) is 4.92. The predicted octanol–water partition coefficient (Wildman–Crippen LogP) is 3.12. The van der Waals surface area contributed by atoms with E-state index in [-0.39, 0.29) is 36.2 Å². The molecule has 5 nitrogen and oxygen atoms in total. The first kappa shape index (κ1) is 21.3. The van der Waals surface area contributed by atoms with Crippen LogP contribution in [0.25, 0.3) is 0 Å². The fraction of sp³-hybridized carbons (Fsp3) is 0.556. The smallest absolute Gasteiger partial charge is 0.253 e. The van der Waals surface area contributed by atoms with Gasteiger partial charge in [-0.3, -0.25) is 9.59 Å². The number of piperidine rings is 1. The summed E-state index contributed by atoms with van der Waals surface area (Å²) >= 11 is 11.9. The minimum Gasteiger partial charge on any atom is -0.352 e.